The number of nitrogens with two attached hydrogens (primary N) is 1. The van der Waals surface area contributed by atoms with E-state index in [0.717, 1.165) is 5.69 Å². The SMILES string of the molecule is COCCc1cc2nc(C)c(C(N)=O)cn2n1. The number of aryl methyl sites for hydroxylation is 1. The van der Waals surface area contributed by atoms with E-state index in [1.165, 1.54) is 0 Å². The molecule has 0 unspecified atom stereocenters. The van der Waals surface area contributed by atoms with E-state index in [-0.39, 0.29) is 0 Å². The summed E-state index contributed by atoms with van der Waals surface area (Å²) in [6.07, 6.45) is 2.32. The molecule has 1 amide bonds. The van der Waals surface area contributed by atoms with Crippen molar-refractivity contribution >= 4 is 11.6 Å². The molecule has 6 nitrogen and oxygen atoms in total. The van der Waals surface area contributed by atoms with Gasteiger partial charge < -0.3 is 10.5 Å². The molecule has 2 rings (SSSR count). The number of primary amides is 1. The lowest BCUT2D eigenvalue weighted by atomic mass is 10.2. The summed E-state index contributed by atoms with van der Waals surface area (Å²) < 4.78 is 6.55. The molecule has 2 aromatic rings. The molecule has 0 atom stereocenters. The molecule has 2 N–H and O–H groups in total. The lowest BCUT2D eigenvalue weighted by Crippen LogP contribution is -2.15. The van der Waals surface area contributed by atoms with Gasteiger partial charge in [0.2, 0.25) is 0 Å². The summed E-state index contributed by atoms with van der Waals surface area (Å²) in [5, 5.41) is 4.30. The van der Waals surface area contributed by atoms with Gasteiger partial charge >= 0.3 is 0 Å². The third-order valence-electron chi connectivity index (χ3n) is 2.52. The Morgan fingerprint density at radius 1 is 1.59 bits per heavy atom. The van der Waals surface area contributed by atoms with Crippen molar-refractivity contribution in [2.75, 3.05) is 13.7 Å². The minimum absolute atomic E-state index is 0.388. The molecule has 0 saturated heterocycles. The van der Waals surface area contributed by atoms with E-state index in [1.54, 1.807) is 24.7 Å². The third kappa shape index (κ3) is 2.26. The summed E-state index contributed by atoms with van der Waals surface area (Å²) in [6.45, 7) is 2.35. The number of carbonyl (C=O) groups is 1. The molecule has 0 spiro atoms. The largest absolute Gasteiger partial charge is 0.384 e. The predicted molar refractivity (Wildman–Crippen MR) is 61.8 cm³/mol. The first-order chi connectivity index (χ1) is 8.11. The molecule has 2 heterocycles. The number of amides is 1. The maximum atomic E-state index is 11.2. The van der Waals surface area contributed by atoms with Crippen LogP contribution < -0.4 is 5.73 Å². The number of aromatic nitrogens is 3. The lowest BCUT2D eigenvalue weighted by molar-refractivity contribution is 0.0998. The molecule has 0 aliphatic heterocycles. The second-order valence-corrected chi connectivity index (χ2v) is 3.79. The van der Waals surface area contributed by atoms with Crippen LogP contribution in [0.3, 0.4) is 0 Å². The number of methoxy groups -OCH3 is 1. The molecular formula is C11H14N4O2. The first-order valence-electron chi connectivity index (χ1n) is 5.26. The molecule has 90 valence electrons. The van der Waals surface area contributed by atoms with Crippen LogP contribution in [0.2, 0.25) is 0 Å². The Morgan fingerprint density at radius 3 is 3.00 bits per heavy atom. The third-order valence-corrected chi connectivity index (χ3v) is 2.52. The minimum Gasteiger partial charge on any atom is -0.384 e. The van der Waals surface area contributed by atoms with Crippen molar-refractivity contribution in [3.8, 4) is 0 Å². The number of hydrogen-bond donors (Lipinski definition) is 1. The normalized spacial score (nSPS) is 10.9. The summed E-state index contributed by atoms with van der Waals surface area (Å²) in [6, 6.07) is 1.87. The van der Waals surface area contributed by atoms with Crippen molar-refractivity contribution in [2.24, 2.45) is 5.73 Å². The van der Waals surface area contributed by atoms with E-state index in [0.29, 0.717) is 29.9 Å². The molecule has 0 radical (unpaired) electrons. The van der Waals surface area contributed by atoms with E-state index in [1.807, 2.05) is 6.07 Å². The standard InChI is InChI=1S/C11H14N4O2/c1-7-9(11(12)16)6-15-10(13-7)5-8(14-15)3-4-17-2/h5-6H,3-4H2,1-2H3,(H2,12,16). The summed E-state index contributed by atoms with van der Waals surface area (Å²) >= 11 is 0. The molecule has 0 aliphatic rings. The van der Waals surface area contributed by atoms with Crippen molar-refractivity contribution in [1.29, 1.82) is 0 Å². The van der Waals surface area contributed by atoms with Crippen molar-refractivity contribution < 1.29 is 9.53 Å². The van der Waals surface area contributed by atoms with Gasteiger partial charge in [0.1, 0.15) is 0 Å². The molecule has 0 aliphatic carbocycles. The number of rotatable bonds is 4. The smallest absolute Gasteiger partial charge is 0.252 e. The van der Waals surface area contributed by atoms with E-state index in [9.17, 15) is 4.79 Å². The molecule has 0 saturated carbocycles. The maximum absolute atomic E-state index is 11.2. The number of hydrogen-bond acceptors (Lipinski definition) is 4. The highest BCUT2D eigenvalue weighted by Gasteiger charge is 2.10. The van der Waals surface area contributed by atoms with Gasteiger partial charge in [0.15, 0.2) is 5.65 Å². The van der Waals surface area contributed by atoms with Crippen LogP contribution in [-0.2, 0) is 11.2 Å². The lowest BCUT2D eigenvalue weighted by Gasteiger charge is -2.00. The van der Waals surface area contributed by atoms with Crippen LogP contribution in [0.5, 0.6) is 0 Å². The van der Waals surface area contributed by atoms with Crippen LogP contribution in [-0.4, -0.2) is 34.2 Å². The van der Waals surface area contributed by atoms with Gasteiger partial charge in [-0.2, -0.15) is 5.10 Å². The fourth-order valence-corrected chi connectivity index (χ4v) is 1.63. The zero-order chi connectivity index (χ0) is 12.4. The monoisotopic (exact) mass is 234 g/mol. The first-order valence-corrected chi connectivity index (χ1v) is 5.26. The predicted octanol–water partition coefficient (Wildman–Crippen LogP) is 0.326. The van der Waals surface area contributed by atoms with Crippen molar-refractivity contribution in [2.45, 2.75) is 13.3 Å². The van der Waals surface area contributed by atoms with Crippen LogP contribution in [0.15, 0.2) is 12.3 Å². The quantitative estimate of drug-likeness (QED) is 0.826. The van der Waals surface area contributed by atoms with Crippen molar-refractivity contribution in [1.82, 2.24) is 14.6 Å². The van der Waals surface area contributed by atoms with Gasteiger partial charge in [0.25, 0.3) is 5.91 Å². The van der Waals surface area contributed by atoms with E-state index in [2.05, 4.69) is 10.1 Å². The second-order valence-electron chi connectivity index (χ2n) is 3.79. The van der Waals surface area contributed by atoms with Crippen LogP contribution in [0.4, 0.5) is 0 Å². The Morgan fingerprint density at radius 2 is 2.35 bits per heavy atom. The van der Waals surface area contributed by atoms with Crippen molar-refractivity contribution in [3.63, 3.8) is 0 Å². The first kappa shape index (κ1) is 11.5. The summed E-state index contributed by atoms with van der Waals surface area (Å²) in [5.74, 6) is -0.495. The summed E-state index contributed by atoms with van der Waals surface area (Å²) in [4.78, 5) is 15.4. The van der Waals surface area contributed by atoms with Crippen LogP contribution in [0, 0.1) is 6.92 Å². The summed E-state index contributed by atoms with van der Waals surface area (Å²) in [5.41, 5.74) is 7.84. The van der Waals surface area contributed by atoms with Gasteiger partial charge in [-0.1, -0.05) is 0 Å². The topological polar surface area (TPSA) is 82.5 Å². The molecule has 0 bridgehead atoms. The average molecular weight is 234 g/mol. The van der Waals surface area contributed by atoms with E-state index >= 15 is 0 Å². The fraction of sp³-hybridized carbons (Fsp3) is 0.364. The van der Waals surface area contributed by atoms with E-state index < -0.39 is 5.91 Å². The van der Waals surface area contributed by atoms with Gasteiger partial charge in [0, 0.05) is 25.8 Å². The highest BCUT2D eigenvalue weighted by Crippen LogP contribution is 2.10. The number of carbonyl (C=O) groups excluding carboxylic acids is 1. The fourth-order valence-electron chi connectivity index (χ4n) is 1.63. The maximum Gasteiger partial charge on any atom is 0.252 e. The second kappa shape index (κ2) is 4.50. The molecule has 0 fully saturated rings. The number of fused-ring (bicyclic) bond motifs is 1. The molecule has 0 aromatic carbocycles. The Balaban J connectivity index is 2.43. The van der Waals surface area contributed by atoms with Crippen LogP contribution in [0.25, 0.3) is 5.65 Å². The van der Waals surface area contributed by atoms with Gasteiger partial charge in [-0.3, -0.25) is 4.79 Å². The minimum atomic E-state index is -0.495. The Hall–Kier alpha value is -1.95. The number of nitrogens with zero attached hydrogens (tertiary/aromatic N) is 3. The zero-order valence-electron chi connectivity index (χ0n) is 9.80. The highest BCUT2D eigenvalue weighted by atomic mass is 16.5. The molecule has 17 heavy (non-hydrogen) atoms. The van der Waals surface area contributed by atoms with Crippen LogP contribution in [0.1, 0.15) is 21.7 Å². The average Bonchev–Trinajstić information content (AvgIpc) is 2.66. The van der Waals surface area contributed by atoms with Crippen molar-refractivity contribution in [3.05, 3.63) is 29.2 Å². The zero-order valence-corrected chi connectivity index (χ0v) is 9.80. The highest BCUT2D eigenvalue weighted by molar-refractivity contribution is 5.93. The van der Waals surface area contributed by atoms with Gasteiger partial charge in [0.05, 0.1) is 23.6 Å². The summed E-state index contributed by atoms with van der Waals surface area (Å²) in [7, 11) is 1.64. The molecular weight excluding hydrogens is 220 g/mol. The Labute approximate surface area is 98.4 Å². The Bertz CT molecular complexity index is 562. The van der Waals surface area contributed by atoms with E-state index in [4.69, 9.17) is 10.5 Å². The molecule has 2 aromatic heterocycles. The van der Waals surface area contributed by atoms with Crippen LogP contribution >= 0.6 is 0 Å². The van der Waals surface area contributed by atoms with Gasteiger partial charge in [-0.15, -0.1) is 0 Å². The molecule has 6 heteroatoms. The van der Waals surface area contributed by atoms with Gasteiger partial charge in [-0.25, -0.2) is 9.50 Å². The Kier molecular flexibility index (Phi) is 3.06. The number of ether oxygens (including phenoxy) is 1. The van der Waals surface area contributed by atoms with Gasteiger partial charge in [-0.05, 0) is 6.92 Å².